The summed E-state index contributed by atoms with van der Waals surface area (Å²) in [6, 6.07) is 42.3. The van der Waals surface area contributed by atoms with Gasteiger partial charge in [-0.3, -0.25) is 0 Å². The minimum atomic E-state index is -1.30. The Bertz CT molecular complexity index is 1810. The molecule has 0 N–H and O–H groups in total. The summed E-state index contributed by atoms with van der Waals surface area (Å²) < 4.78 is 28.2. The Hall–Kier alpha value is -3.76. The molecule has 46 heavy (non-hydrogen) atoms. The van der Waals surface area contributed by atoms with Gasteiger partial charge in [-0.05, 0) is 57.0 Å². The van der Waals surface area contributed by atoms with Crippen LogP contribution in [-0.4, -0.2) is 27.4 Å². The lowest BCUT2D eigenvalue weighted by Crippen LogP contribution is -2.38. The summed E-state index contributed by atoms with van der Waals surface area (Å²) in [5.74, 6) is 2.53. The van der Waals surface area contributed by atoms with Gasteiger partial charge in [-0.25, -0.2) is 8.51 Å². The number of rotatable bonds is 8. The molecule has 1 heterocycles. The van der Waals surface area contributed by atoms with E-state index in [9.17, 15) is 4.21 Å². The van der Waals surface area contributed by atoms with Gasteiger partial charge in [-0.2, -0.15) is 0 Å². The van der Waals surface area contributed by atoms with E-state index in [0.29, 0.717) is 0 Å². The number of hydrogen-bond donors (Lipinski definition) is 0. The first-order chi connectivity index (χ1) is 22.0. The number of nitrogens with zero attached hydrogens (tertiary/aromatic N) is 1. The van der Waals surface area contributed by atoms with Gasteiger partial charge in [0.05, 0.1) is 17.9 Å². The SMILES string of the molecule is COc1ccc([C@@H](c2cccc3c2Oc2c(P(c4ccccc4)c4ccccc4)cccc2C3(C)C)N(C)S(=O)C(C)(C)C)cc1. The van der Waals surface area contributed by atoms with Crippen molar-refractivity contribution in [2.75, 3.05) is 14.2 Å². The second-order valence-electron chi connectivity index (χ2n) is 13.2. The molecule has 0 bridgehead atoms. The van der Waals surface area contributed by atoms with Crippen LogP contribution >= 0.6 is 7.92 Å². The van der Waals surface area contributed by atoms with Gasteiger partial charge in [0.15, 0.2) is 0 Å². The third-order valence-electron chi connectivity index (χ3n) is 8.74. The molecule has 0 saturated carbocycles. The van der Waals surface area contributed by atoms with Gasteiger partial charge in [0.25, 0.3) is 0 Å². The molecule has 1 unspecified atom stereocenters. The molecular formula is C40H42NO3PS. The second kappa shape index (κ2) is 12.8. The van der Waals surface area contributed by atoms with Crippen molar-refractivity contribution in [2.24, 2.45) is 0 Å². The number of hydrogen-bond acceptors (Lipinski definition) is 3. The lowest BCUT2D eigenvalue weighted by molar-refractivity contribution is 0.389. The second-order valence-corrected chi connectivity index (χ2v) is 17.7. The zero-order valence-corrected chi connectivity index (χ0v) is 29.4. The zero-order valence-electron chi connectivity index (χ0n) is 27.7. The van der Waals surface area contributed by atoms with Crippen molar-refractivity contribution in [1.29, 1.82) is 0 Å². The van der Waals surface area contributed by atoms with E-state index in [0.717, 1.165) is 33.9 Å². The molecular weight excluding hydrogens is 605 g/mol. The quantitative estimate of drug-likeness (QED) is 0.159. The molecule has 6 rings (SSSR count). The monoisotopic (exact) mass is 647 g/mol. The normalized spacial score (nSPS) is 15.1. The van der Waals surface area contributed by atoms with Crippen molar-refractivity contribution < 1.29 is 13.7 Å². The predicted octanol–water partition coefficient (Wildman–Crippen LogP) is 8.37. The average Bonchev–Trinajstić information content (AvgIpc) is 3.06. The van der Waals surface area contributed by atoms with Gasteiger partial charge in [0, 0.05) is 34.5 Å². The minimum Gasteiger partial charge on any atom is -0.497 e. The molecule has 0 radical (unpaired) electrons. The molecule has 0 amide bonds. The van der Waals surface area contributed by atoms with E-state index in [2.05, 4.69) is 123 Å². The maximum atomic E-state index is 14.0. The molecule has 236 valence electrons. The van der Waals surface area contributed by atoms with E-state index in [4.69, 9.17) is 9.47 Å². The first kappa shape index (κ1) is 32.2. The van der Waals surface area contributed by atoms with Gasteiger partial charge in [0.1, 0.15) is 28.2 Å². The summed E-state index contributed by atoms with van der Waals surface area (Å²) >= 11 is 0. The van der Waals surface area contributed by atoms with Gasteiger partial charge in [-0.1, -0.05) is 123 Å². The van der Waals surface area contributed by atoms with Crippen molar-refractivity contribution in [3.8, 4) is 17.2 Å². The van der Waals surface area contributed by atoms with Crippen LogP contribution in [0.25, 0.3) is 0 Å². The van der Waals surface area contributed by atoms with Gasteiger partial charge >= 0.3 is 0 Å². The molecule has 5 aromatic rings. The van der Waals surface area contributed by atoms with Gasteiger partial charge < -0.3 is 9.47 Å². The van der Waals surface area contributed by atoms with E-state index < -0.39 is 23.7 Å². The van der Waals surface area contributed by atoms with Crippen LogP contribution in [-0.2, 0) is 16.4 Å². The Morgan fingerprint density at radius 2 is 1.28 bits per heavy atom. The summed E-state index contributed by atoms with van der Waals surface area (Å²) in [5.41, 5.74) is 3.95. The Balaban J connectivity index is 1.57. The molecule has 1 aliphatic heterocycles. The lowest BCUT2D eigenvalue weighted by Gasteiger charge is -2.40. The average molecular weight is 648 g/mol. The van der Waals surface area contributed by atoms with Crippen LogP contribution in [0, 0.1) is 0 Å². The fraction of sp³-hybridized carbons (Fsp3) is 0.250. The molecule has 0 fully saturated rings. The first-order valence-corrected chi connectivity index (χ1v) is 18.1. The highest BCUT2D eigenvalue weighted by atomic mass is 32.2. The summed E-state index contributed by atoms with van der Waals surface area (Å²) in [4.78, 5) is 0. The van der Waals surface area contributed by atoms with Crippen LogP contribution < -0.4 is 25.4 Å². The number of methoxy groups -OCH3 is 1. The van der Waals surface area contributed by atoms with Crippen LogP contribution in [0.2, 0.25) is 0 Å². The smallest absolute Gasteiger partial charge is 0.139 e. The number of fused-ring (bicyclic) bond motifs is 2. The highest BCUT2D eigenvalue weighted by Crippen LogP contribution is 2.53. The molecule has 0 aliphatic carbocycles. The number of ether oxygens (including phenoxy) is 2. The van der Waals surface area contributed by atoms with Crippen molar-refractivity contribution in [3.63, 3.8) is 0 Å². The fourth-order valence-corrected chi connectivity index (χ4v) is 10.1. The fourth-order valence-electron chi connectivity index (χ4n) is 6.40. The predicted molar refractivity (Wildman–Crippen MR) is 194 cm³/mol. The van der Waals surface area contributed by atoms with Crippen molar-refractivity contribution in [1.82, 2.24) is 4.31 Å². The van der Waals surface area contributed by atoms with E-state index >= 15 is 0 Å². The maximum absolute atomic E-state index is 14.0. The molecule has 2 atom stereocenters. The van der Waals surface area contributed by atoms with E-state index in [1.165, 1.54) is 21.5 Å². The minimum absolute atomic E-state index is 0.324. The number of benzene rings is 5. The van der Waals surface area contributed by atoms with Crippen LogP contribution in [0.4, 0.5) is 0 Å². The highest BCUT2D eigenvalue weighted by molar-refractivity contribution is 7.84. The molecule has 0 aromatic heterocycles. The standard InChI is InChI=1S/C40H42NO3PS/c1-39(2,3)46(42)41(6)36(28-24-26-29(43-7)27-25-28)32-20-14-21-33-37(32)44-38-34(40(33,4)5)22-15-23-35(38)45(30-16-10-8-11-17-30)31-18-12-9-13-19-31/h8-27,36H,1-7H3/t36-,46?/m0/s1. The largest absolute Gasteiger partial charge is 0.497 e. The molecule has 0 saturated heterocycles. The van der Waals surface area contributed by atoms with Gasteiger partial charge in [0.2, 0.25) is 0 Å². The van der Waals surface area contributed by atoms with Gasteiger partial charge in [-0.15, -0.1) is 0 Å². The lowest BCUT2D eigenvalue weighted by atomic mass is 9.74. The summed E-state index contributed by atoms with van der Waals surface area (Å²) in [7, 11) is 1.42. The summed E-state index contributed by atoms with van der Waals surface area (Å²) in [6.45, 7) is 10.6. The van der Waals surface area contributed by atoms with Crippen LogP contribution in [0.3, 0.4) is 0 Å². The molecule has 6 heteroatoms. The molecule has 1 aliphatic rings. The summed E-state index contributed by atoms with van der Waals surface area (Å²) in [6.07, 6.45) is 0. The molecule has 0 spiro atoms. The Morgan fingerprint density at radius 1 is 0.739 bits per heavy atom. The Morgan fingerprint density at radius 3 is 1.83 bits per heavy atom. The number of para-hydroxylation sites is 2. The first-order valence-electron chi connectivity index (χ1n) is 15.7. The Kier molecular flexibility index (Phi) is 8.95. The molecule has 5 aromatic carbocycles. The van der Waals surface area contributed by atoms with E-state index in [1.54, 1.807) is 7.11 Å². The third kappa shape index (κ3) is 5.93. The van der Waals surface area contributed by atoms with E-state index in [-0.39, 0.29) is 11.5 Å². The van der Waals surface area contributed by atoms with E-state index in [1.807, 2.05) is 44.3 Å². The Labute approximate surface area is 277 Å². The topological polar surface area (TPSA) is 38.8 Å². The van der Waals surface area contributed by atoms with Crippen LogP contribution in [0.5, 0.6) is 17.2 Å². The molecule has 4 nitrogen and oxygen atoms in total. The third-order valence-corrected chi connectivity index (χ3v) is 13.0. The zero-order chi connectivity index (χ0) is 32.6. The summed E-state index contributed by atoms with van der Waals surface area (Å²) in [5, 5.41) is 3.73. The van der Waals surface area contributed by atoms with Crippen molar-refractivity contribution in [3.05, 3.63) is 144 Å². The maximum Gasteiger partial charge on any atom is 0.139 e. The van der Waals surface area contributed by atoms with Crippen LogP contribution in [0.1, 0.15) is 62.9 Å². The van der Waals surface area contributed by atoms with Crippen molar-refractivity contribution in [2.45, 2.75) is 50.8 Å². The van der Waals surface area contributed by atoms with Crippen LogP contribution in [0.15, 0.2) is 121 Å². The highest BCUT2D eigenvalue weighted by Gasteiger charge is 2.40. The van der Waals surface area contributed by atoms with Crippen molar-refractivity contribution >= 4 is 34.8 Å².